The summed E-state index contributed by atoms with van der Waals surface area (Å²) >= 11 is 0. The van der Waals surface area contributed by atoms with Crippen molar-refractivity contribution in [2.75, 3.05) is 6.61 Å². The van der Waals surface area contributed by atoms with Gasteiger partial charge in [0.1, 0.15) is 12.7 Å². The number of alkyl halides is 3. The second kappa shape index (κ2) is 7.23. The number of pyridine rings is 1. The Labute approximate surface area is 130 Å². The number of aromatic nitrogens is 3. The Morgan fingerprint density at radius 3 is 2.83 bits per heavy atom. The van der Waals surface area contributed by atoms with E-state index in [0.717, 1.165) is 0 Å². The zero-order valence-electron chi connectivity index (χ0n) is 12.2. The maximum absolute atomic E-state index is 12.1. The summed E-state index contributed by atoms with van der Waals surface area (Å²) in [4.78, 5) is 16.0. The Hall–Kier alpha value is -2.42. The van der Waals surface area contributed by atoms with Gasteiger partial charge in [-0.2, -0.15) is 18.3 Å². The minimum atomic E-state index is -4.47. The van der Waals surface area contributed by atoms with Crippen LogP contribution in [0.4, 0.5) is 13.2 Å². The SMILES string of the molecule is C[C@@H](OCC(F)(F)F)C(=O)NCc1cccnc1-n1cccn1. The van der Waals surface area contributed by atoms with Crippen LogP contribution in [0, 0.1) is 0 Å². The van der Waals surface area contributed by atoms with Crippen molar-refractivity contribution in [3.63, 3.8) is 0 Å². The molecule has 0 aliphatic heterocycles. The molecule has 9 heteroatoms. The molecule has 6 nitrogen and oxygen atoms in total. The van der Waals surface area contributed by atoms with Crippen molar-refractivity contribution in [3.8, 4) is 5.82 Å². The predicted molar refractivity (Wildman–Crippen MR) is 74.7 cm³/mol. The van der Waals surface area contributed by atoms with E-state index in [1.165, 1.54) is 11.6 Å². The highest BCUT2D eigenvalue weighted by Crippen LogP contribution is 2.15. The van der Waals surface area contributed by atoms with Crippen LogP contribution in [0.2, 0.25) is 0 Å². The first-order chi connectivity index (χ1) is 10.9. The summed E-state index contributed by atoms with van der Waals surface area (Å²) in [5.41, 5.74) is 0.674. The van der Waals surface area contributed by atoms with Crippen molar-refractivity contribution in [1.29, 1.82) is 0 Å². The van der Waals surface area contributed by atoms with Gasteiger partial charge in [0.15, 0.2) is 5.82 Å². The van der Waals surface area contributed by atoms with E-state index >= 15 is 0 Å². The van der Waals surface area contributed by atoms with E-state index < -0.39 is 24.8 Å². The van der Waals surface area contributed by atoms with E-state index in [-0.39, 0.29) is 6.54 Å². The highest BCUT2D eigenvalue weighted by atomic mass is 19.4. The van der Waals surface area contributed by atoms with Crippen molar-refractivity contribution < 1.29 is 22.7 Å². The van der Waals surface area contributed by atoms with Crippen LogP contribution in [-0.2, 0) is 16.1 Å². The van der Waals surface area contributed by atoms with Gasteiger partial charge in [-0.25, -0.2) is 9.67 Å². The Bertz CT molecular complexity index is 644. The fourth-order valence-electron chi connectivity index (χ4n) is 1.79. The molecule has 0 unspecified atom stereocenters. The summed E-state index contributed by atoms with van der Waals surface area (Å²) in [5.74, 6) is -0.105. The monoisotopic (exact) mass is 328 g/mol. The molecular formula is C14H15F3N4O2. The van der Waals surface area contributed by atoms with Crippen LogP contribution in [0.15, 0.2) is 36.8 Å². The minimum Gasteiger partial charge on any atom is -0.359 e. The van der Waals surface area contributed by atoms with Gasteiger partial charge in [-0.3, -0.25) is 4.79 Å². The molecule has 0 aromatic carbocycles. The summed E-state index contributed by atoms with van der Waals surface area (Å²) < 4.78 is 42.2. The van der Waals surface area contributed by atoms with E-state index in [2.05, 4.69) is 20.1 Å². The fraction of sp³-hybridized carbons (Fsp3) is 0.357. The minimum absolute atomic E-state index is 0.0988. The molecule has 2 aromatic rings. The van der Waals surface area contributed by atoms with Gasteiger partial charge >= 0.3 is 6.18 Å². The van der Waals surface area contributed by atoms with Gasteiger partial charge in [0.25, 0.3) is 0 Å². The fourth-order valence-corrected chi connectivity index (χ4v) is 1.79. The molecule has 0 spiro atoms. The molecule has 0 bridgehead atoms. The van der Waals surface area contributed by atoms with E-state index in [0.29, 0.717) is 11.4 Å². The van der Waals surface area contributed by atoms with Crippen molar-refractivity contribution in [2.45, 2.75) is 25.7 Å². The second-order valence-corrected chi connectivity index (χ2v) is 4.72. The number of carbonyl (C=O) groups is 1. The van der Waals surface area contributed by atoms with Crippen LogP contribution < -0.4 is 5.32 Å². The van der Waals surface area contributed by atoms with Gasteiger partial charge in [-0.1, -0.05) is 6.07 Å². The smallest absolute Gasteiger partial charge is 0.359 e. The summed E-state index contributed by atoms with van der Waals surface area (Å²) in [6, 6.07) is 5.16. The Balaban J connectivity index is 1.95. The number of hydrogen-bond donors (Lipinski definition) is 1. The van der Waals surface area contributed by atoms with Crippen molar-refractivity contribution in [3.05, 3.63) is 42.4 Å². The molecule has 1 N–H and O–H groups in total. The third-order valence-corrected chi connectivity index (χ3v) is 2.91. The molecule has 124 valence electrons. The van der Waals surface area contributed by atoms with Crippen LogP contribution in [-0.4, -0.2) is 39.6 Å². The topological polar surface area (TPSA) is 69.0 Å². The van der Waals surface area contributed by atoms with Crippen molar-refractivity contribution >= 4 is 5.91 Å². The van der Waals surface area contributed by atoms with Gasteiger partial charge in [0.2, 0.25) is 5.91 Å². The number of halogens is 3. The van der Waals surface area contributed by atoms with E-state index in [1.54, 1.807) is 36.8 Å². The quantitative estimate of drug-likeness (QED) is 0.879. The molecule has 0 aliphatic carbocycles. The van der Waals surface area contributed by atoms with Crippen LogP contribution >= 0.6 is 0 Å². The number of nitrogens with one attached hydrogen (secondary N) is 1. The summed E-state index contributed by atoms with van der Waals surface area (Å²) in [6.07, 6.45) is -0.809. The van der Waals surface area contributed by atoms with Crippen LogP contribution in [0.3, 0.4) is 0 Å². The third-order valence-electron chi connectivity index (χ3n) is 2.91. The molecule has 0 saturated heterocycles. The highest BCUT2D eigenvalue weighted by Gasteiger charge is 2.29. The van der Waals surface area contributed by atoms with Crippen LogP contribution in [0.5, 0.6) is 0 Å². The molecule has 1 amide bonds. The lowest BCUT2D eigenvalue weighted by Gasteiger charge is -2.15. The molecule has 0 saturated carbocycles. The standard InChI is InChI=1S/C14H15F3N4O2/c1-10(23-9-14(15,16)17)13(22)19-8-11-4-2-5-18-12(11)21-7-3-6-20-21/h2-7,10H,8-9H2,1H3,(H,19,22)/t10-/m1/s1. The zero-order valence-corrected chi connectivity index (χ0v) is 12.2. The normalized spacial score (nSPS) is 12.9. The molecule has 2 heterocycles. The molecule has 23 heavy (non-hydrogen) atoms. The molecule has 0 aliphatic rings. The molecule has 0 fully saturated rings. The largest absolute Gasteiger partial charge is 0.411 e. The summed E-state index contributed by atoms with van der Waals surface area (Å²) in [7, 11) is 0. The summed E-state index contributed by atoms with van der Waals surface area (Å²) in [6.45, 7) is -0.104. The second-order valence-electron chi connectivity index (χ2n) is 4.72. The van der Waals surface area contributed by atoms with E-state index in [9.17, 15) is 18.0 Å². The van der Waals surface area contributed by atoms with E-state index in [1.807, 2.05) is 0 Å². The Kier molecular flexibility index (Phi) is 5.32. The number of ether oxygens (including phenoxy) is 1. The van der Waals surface area contributed by atoms with Crippen LogP contribution in [0.25, 0.3) is 5.82 Å². The highest BCUT2D eigenvalue weighted by molar-refractivity contribution is 5.80. The Morgan fingerprint density at radius 1 is 1.39 bits per heavy atom. The number of nitrogens with zero attached hydrogens (tertiary/aromatic N) is 3. The molecule has 1 atom stereocenters. The maximum Gasteiger partial charge on any atom is 0.411 e. The van der Waals surface area contributed by atoms with Gasteiger partial charge in [0.05, 0.1) is 0 Å². The molecule has 2 aromatic heterocycles. The number of hydrogen-bond acceptors (Lipinski definition) is 4. The number of amides is 1. The van der Waals surface area contributed by atoms with Gasteiger partial charge in [-0.05, 0) is 19.1 Å². The first kappa shape index (κ1) is 16.9. The third kappa shape index (κ3) is 5.06. The number of rotatable bonds is 6. The van der Waals surface area contributed by atoms with Gasteiger partial charge < -0.3 is 10.1 Å². The maximum atomic E-state index is 12.1. The van der Waals surface area contributed by atoms with Crippen molar-refractivity contribution in [1.82, 2.24) is 20.1 Å². The Morgan fingerprint density at radius 2 is 2.17 bits per heavy atom. The average Bonchev–Trinajstić information content (AvgIpc) is 3.04. The first-order valence-electron chi connectivity index (χ1n) is 6.77. The van der Waals surface area contributed by atoms with Gasteiger partial charge in [-0.15, -0.1) is 0 Å². The summed E-state index contributed by atoms with van der Waals surface area (Å²) in [5, 5.41) is 6.58. The molecule has 0 radical (unpaired) electrons. The predicted octanol–water partition coefficient (Wildman–Crippen LogP) is 1.85. The van der Waals surface area contributed by atoms with Crippen LogP contribution in [0.1, 0.15) is 12.5 Å². The average molecular weight is 328 g/mol. The molecule has 2 rings (SSSR count). The number of carbonyl (C=O) groups excluding carboxylic acids is 1. The van der Waals surface area contributed by atoms with E-state index in [4.69, 9.17) is 0 Å². The zero-order chi connectivity index (χ0) is 16.9. The lowest BCUT2D eigenvalue weighted by atomic mass is 10.2. The lowest BCUT2D eigenvalue weighted by Crippen LogP contribution is -2.36. The lowest BCUT2D eigenvalue weighted by molar-refractivity contribution is -0.185. The first-order valence-corrected chi connectivity index (χ1v) is 6.77. The molecular weight excluding hydrogens is 313 g/mol. The van der Waals surface area contributed by atoms with Crippen molar-refractivity contribution in [2.24, 2.45) is 0 Å². The van der Waals surface area contributed by atoms with Gasteiger partial charge in [0, 0.05) is 30.7 Å².